The second kappa shape index (κ2) is 11.6. The summed E-state index contributed by atoms with van der Waals surface area (Å²) in [4.78, 5) is 9.28. The molecule has 3 heterocycles. The van der Waals surface area contributed by atoms with Crippen molar-refractivity contribution in [3.05, 3.63) is 29.8 Å². The minimum Gasteiger partial charge on any atom is -0.375 e. The number of guanidine groups is 1. The van der Waals surface area contributed by atoms with Crippen LogP contribution in [0.4, 0.5) is 5.69 Å². The number of morpholine rings is 1. The Morgan fingerprint density at radius 3 is 2.55 bits per heavy atom. The maximum absolute atomic E-state index is 5.96. The molecule has 29 heavy (non-hydrogen) atoms. The smallest absolute Gasteiger partial charge is 0.194 e. The molecule has 3 fully saturated rings. The summed E-state index contributed by atoms with van der Waals surface area (Å²) in [7, 11) is 1.86. The van der Waals surface area contributed by atoms with Gasteiger partial charge in [-0.1, -0.05) is 12.1 Å². The van der Waals surface area contributed by atoms with Crippen molar-refractivity contribution in [3.63, 3.8) is 0 Å². The second-order valence-electron chi connectivity index (χ2n) is 7.57. The largest absolute Gasteiger partial charge is 0.375 e. The van der Waals surface area contributed by atoms with Crippen LogP contribution in [0, 0.1) is 0 Å². The lowest BCUT2D eigenvalue weighted by molar-refractivity contribution is -0.0817. The lowest BCUT2D eigenvalue weighted by Crippen LogP contribution is -2.53. The first-order valence-electron chi connectivity index (χ1n) is 10.4. The molecule has 3 aliphatic rings. The third-order valence-corrected chi connectivity index (χ3v) is 6.69. The molecule has 0 bridgehead atoms. The van der Waals surface area contributed by atoms with Crippen LogP contribution in [0.3, 0.4) is 0 Å². The Morgan fingerprint density at radius 1 is 1.10 bits per heavy atom. The average molecular weight is 532 g/mol. The number of hydrogen-bond donors (Lipinski definition) is 1. The number of ether oxygens (including phenoxy) is 2. The van der Waals surface area contributed by atoms with Crippen LogP contribution in [0.1, 0.15) is 18.4 Å². The van der Waals surface area contributed by atoms with E-state index in [0.29, 0.717) is 0 Å². The topological polar surface area (TPSA) is 49.3 Å². The van der Waals surface area contributed by atoms with Gasteiger partial charge >= 0.3 is 0 Å². The molecule has 162 valence electrons. The Morgan fingerprint density at radius 2 is 1.86 bits per heavy atom. The first-order chi connectivity index (χ1) is 13.8. The van der Waals surface area contributed by atoms with E-state index in [2.05, 4.69) is 44.4 Å². The van der Waals surface area contributed by atoms with Gasteiger partial charge in [0.15, 0.2) is 5.96 Å². The third-order valence-electron chi connectivity index (χ3n) is 5.75. The molecule has 1 N–H and O–H groups in total. The van der Waals surface area contributed by atoms with Crippen molar-refractivity contribution >= 4 is 47.4 Å². The summed E-state index contributed by atoms with van der Waals surface area (Å²) in [6.07, 6.45) is 2.63. The lowest BCUT2D eigenvalue weighted by atomic mass is 10.1. The van der Waals surface area contributed by atoms with Crippen molar-refractivity contribution < 1.29 is 9.47 Å². The minimum atomic E-state index is 0. The zero-order chi connectivity index (χ0) is 19.2. The van der Waals surface area contributed by atoms with E-state index in [1.54, 1.807) is 0 Å². The maximum atomic E-state index is 5.96. The number of aliphatic imine (C=N–C) groups is 1. The number of anilines is 1. The molecule has 4 rings (SSSR count). The molecule has 2 atom stereocenters. The third kappa shape index (κ3) is 6.15. The van der Waals surface area contributed by atoms with Crippen molar-refractivity contribution in [1.29, 1.82) is 0 Å². The normalized spacial score (nSPS) is 25.6. The van der Waals surface area contributed by atoms with Crippen molar-refractivity contribution in [2.45, 2.75) is 31.6 Å². The SMILES string of the molecule is CN=C(NCc1ccc(N2CCSCC2)cc1)N1CCOC(C2CCCO2)C1.I. The first kappa shape index (κ1) is 23.0. The zero-order valence-corrected chi connectivity index (χ0v) is 20.4. The molecular weight excluding hydrogens is 499 g/mol. The molecule has 0 aromatic heterocycles. The second-order valence-corrected chi connectivity index (χ2v) is 8.80. The van der Waals surface area contributed by atoms with Gasteiger partial charge in [-0.15, -0.1) is 24.0 Å². The summed E-state index contributed by atoms with van der Waals surface area (Å²) >= 11 is 2.05. The highest BCUT2D eigenvalue weighted by atomic mass is 127. The molecule has 0 amide bonds. The van der Waals surface area contributed by atoms with Gasteiger partial charge in [0.25, 0.3) is 0 Å². The number of benzene rings is 1. The van der Waals surface area contributed by atoms with Crippen LogP contribution in [-0.2, 0) is 16.0 Å². The van der Waals surface area contributed by atoms with Crippen LogP contribution in [0.5, 0.6) is 0 Å². The molecule has 1 aromatic rings. The summed E-state index contributed by atoms with van der Waals surface area (Å²) in [5.41, 5.74) is 2.61. The summed E-state index contributed by atoms with van der Waals surface area (Å²) in [6.45, 7) is 6.39. The molecule has 0 saturated carbocycles. The van der Waals surface area contributed by atoms with Gasteiger partial charge in [0.1, 0.15) is 6.10 Å². The fourth-order valence-corrected chi connectivity index (χ4v) is 5.05. The van der Waals surface area contributed by atoms with E-state index in [-0.39, 0.29) is 36.2 Å². The number of nitrogens with one attached hydrogen (secondary N) is 1. The van der Waals surface area contributed by atoms with Gasteiger partial charge in [-0.2, -0.15) is 11.8 Å². The van der Waals surface area contributed by atoms with Gasteiger partial charge in [0, 0.05) is 63.6 Å². The highest BCUT2D eigenvalue weighted by Crippen LogP contribution is 2.22. The van der Waals surface area contributed by atoms with Crippen molar-refractivity contribution in [1.82, 2.24) is 10.2 Å². The summed E-state index contributed by atoms with van der Waals surface area (Å²) in [5, 5.41) is 3.53. The van der Waals surface area contributed by atoms with Gasteiger partial charge in [-0.05, 0) is 30.5 Å². The van der Waals surface area contributed by atoms with Gasteiger partial charge in [0.05, 0.1) is 12.7 Å². The van der Waals surface area contributed by atoms with Gasteiger partial charge in [-0.3, -0.25) is 4.99 Å². The number of rotatable bonds is 4. The van der Waals surface area contributed by atoms with Crippen LogP contribution in [0.15, 0.2) is 29.3 Å². The van der Waals surface area contributed by atoms with E-state index >= 15 is 0 Å². The fraction of sp³-hybridized carbons (Fsp3) is 0.667. The predicted molar refractivity (Wildman–Crippen MR) is 132 cm³/mol. The first-order valence-corrected chi connectivity index (χ1v) is 11.6. The van der Waals surface area contributed by atoms with E-state index in [0.717, 1.165) is 64.7 Å². The van der Waals surface area contributed by atoms with Gasteiger partial charge in [-0.25, -0.2) is 0 Å². The Bertz CT molecular complexity index is 649. The van der Waals surface area contributed by atoms with Crippen LogP contribution in [-0.4, -0.2) is 81.0 Å². The molecule has 1 aromatic carbocycles. The Kier molecular flexibility index (Phi) is 9.20. The molecule has 3 saturated heterocycles. The quantitative estimate of drug-likeness (QED) is 0.366. The lowest BCUT2D eigenvalue weighted by Gasteiger charge is -2.37. The molecule has 0 spiro atoms. The Labute approximate surface area is 195 Å². The fourth-order valence-electron chi connectivity index (χ4n) is 4.15. The monoisotopic (exact) mass is 532 g/mol. The average Bonchev–Trinajstić information content (AvgIpc) is 3.31. The Balaban J connectivity index is 0.00000240. The van der Waals surface area contributed by atoms with Gasteiger partial charge < -0.3 is 24.6 Å². The van der Waals surface area contributed by atoms with E-state index in [4.69, 9.17) is 9.47 Å². The predicted octanol–water partition coefficient (Wildman–Crippen LogP) is 2.81. The molecule has 6 nitrogen and oxygen atoms in total. The highest BCUT2D eigenvalue weighted by Gasteiger charge is 2.32. The van der Waals surface area contributed by atoms with Crippen LogP contribution < -0.4 is 10.2 Å². The molecular formula is C21H33IN4O2S. The summed E-state index contributed by atoms with van der Waals surface area (Å²) < 4.78 is 11.8. The molecule has 8 heteroatoms. The van der Waals surface area contributed by atoms with Gasteiger partial charge in [0.2, 0.25) is 0 Å². The Hall–Kier alpha value is -0.710. The minimum absolute atomic E-state index is 0. The van der Waals surface area contributed by atoms with Crippen molar-refractivity contribution in [2.24, 2.45) is 4.99 Å². The molecule has 3 aliphatic heterocycles. The zero-order valence-electron chi connectivity index (χ0n) is 17.2. The number of thioether (sulfide) groups is 1. The molecule has 0 aliphatic carbocycles. The van der Waals surface area contributed by atoms with E-state index < -0.39 is 0 Å². The van der Waals surface area contributed by atoms with E-state index in [9.17, 15) is 0 Å². The van der Waals surface area contributed by atoms with Crippen molar-refractivity contribution in [2.75, 3.05) is 62.8 Å². The molecule has 2 unspecified atom stereocenters. The highest BCUT2D eigenvalue weighted by molar-refractivity contribution is 14.0. The summed E-state index contributed by atoms with van der Waals surface area (Å²) in [6, 6.07) is 8.95. The number of hydrogen-bond acceptors (Lipinski definition) is 5. The van der Waals surface area contributed by atoms with Crippen molar-refractivity contribution in [3.8, 4) is 0 Å². The van der Waals surface area contributed by atoms with Crippen LogP contribution >= 0.6 is 35.7 Å². The van der Waals surface area contributed by atoms with E-state index in [1.165, 1.54) is 22.8 Å². The standard InChI is InChI=1S/C21H32N4O2S.HI/c1-22-21(25-8-12-27-20(16-25)19-3-2-11-26-19)23-15-17-4-6-18(7-5-17)24-9-13-28-14-10-24;/h4-7,19-20H,2-3,8-16H2,1H3,(H,22,23);1H. The summed E-state index contributed by atoms with van der Waals surface area (Å²) in [5.74, 6) is 3.40. The molecule has 0 radical (unpaired) electrons. The number of halogens is 1. The van der Waals surface area contributed by atoms with E-state index in [1.807, 2.05) is 18.8 Å². The van der Waals surface area contributed by atoms with Crippen LogP contribution in [0.25, 0.3) is 0 Å². The maximum Gasteiger partial charge on any atom is 0.194 e. The van der Waals surface area contributed by atoms with Crippen LogP contribution in [0.2, 0.25) is 0 Å². The number of nitrogens with zero attached hydrogens (tertiary/aromatic N) is 3.